The fourth-order valence-corrected chi connectivity index (χ4v) is 1.88. The van der Waals surface area contributed by atoms with Crippen molar-refractivity contribution in [3.63, 3.8) is 0 Å². The summed E-state index contributed by atoms with van der Waals surface area (Å²) in [6.45, 7) is 4.99. The molecule has 1 rings (SSSR count). The largest absolute Gasteiger partial charge is 0.469 e. The van der Waals surface area contributed by atoms with Gasteiger partial charge in [-0.05, 0) is 32.4 Å². The van der Waals surface area contributed by atoms with E-state index in [1.54, 1.807) is 7.11 Å². The first-order chi connectivity index (χ1) is 7.19. The number of hydrogen-bond donors (Lipinski definition) is 1. The third-order valence-corrected chi connectivity index (χ3v) is 2.77. The molecule has 1 aromatic heterocycles. The van der Waals surface area contributed by atoms with E-state index in [0.29, 0.717) is 12.0 Å². The predicted molar refractivity (Wildman–Crippen MR) is 60.9 cm³/mol. The van der Waals surface area contributed by atoms with Crippen LogP contribution in [0.4, 0.5) is 0 Å². The molecular weight excluding hydrogens is 190 g/mol. The van der Waals surface area contributed by atoms with Crippen LogP contribution in [0.2, 0.25) is 0 Å². The van der Waals surface area contributed by atoms with E-state index in [9.17, 15) is 0 Å². The first kappa shape index (κ1) is 12.3. The molecule has 86 valence electrons. The summed E-state index contributed by atoms with van der Waals surface area (Å²) in [5.74, 6) is 1.50. The Hall–Kier alpha value is -0.800. The number of furan rings is 1. The van der Waals surface area contributed by atoms with Crippen molar-refractivity contribution >= 4 is 0 Å². The molecule has 3 nitrogen and oxygen atoms in total. The molecule has 0 saturated heterocycles. The van der Waals surface area contributed by atoms with Crippen LogP contribution in [0.3, 0.4) is 0 Å². The van der Waals surface area contributed by atoms with E-state index in [0.717, 1.165) is 18.8 Å². The third kappa shape index (κ3) is 3.36. The minimum atomic E-state index is 0.345. The maximum atomic E-state index is 5.33. The van der Waals surface area contributed by atoms with Gasteiger partial charge in [0.1, 0.15) is 5.76 Å². The Morgan fingerprint density at radius 1 is 1.53 bits per heavy atom. The molecule has 1 aromatic rings. The van der Waals surface area contributed by atoms with Crippen LogP contribution in [-0.4, -0.2) is 20.8 Å². The summed E-state index contributed by atoms with van der Waals surface area (Å²) in [6, 6.07) is 2.43. The first-order valence-corrected chi connectivity index (χ1v) is 5.40. The molecule has 0 aliphatic heterocycles. The zero-order chi connectivity index (χ0) is 11.3. The zero-order valence-corrected chi connectivity index (χ0v) is 10.0. The SMILES string of the molecule is CNC(c1coc(C)c1)C(C)CCOC. The molecule has 1 heterocycles. The highest BCUT2D eigenvalue weighted by Gasteiger charge is 2.18. The van der Waals surface area contributed by atoms with E-state index in [4.69, 9.17) is 9.15 Å². The first-order valence-electron chi connectivity index (χ1n) is 5.40. The van der Waals surface area contributed by atoms with Gasteiger partial charge in [-0.25, -0.2) is 0 Å². The number of methoxy groups -OCH3 is 1. The highest BCUT2D eigenvalue weighted by molar-refractivity contribution is 5.17. The van der Waals surface area contributed by atoms with Crippen molar-refractivity contribution in [3.05, 3.63) is 23.7 Å². The monoisotopic (exact) mass is 211 g/mol. The average Bonchev–Trinajstić information content (AvgIpc) is 2.63. The van der Waals surface area contributed by atoms with Crippen LogP contribution in [0, 0.1) is 12.8 Å². The smallest absolute Gasteiger partial charge is 0.101 e. The van der Waals surface area contributed by atoms with Crippen molar-refractivity contribution in [2.75, 3.05) is 20.8 Å². The lowest BCUT2D eigenvalue weighted by Gasteiger charge is -2.22. The van der Waals surface area contributed by atoms with Gasteiger partial charge >= 0.3 is 0 Å². The van der Waals surface area contributed by atoms with Crippen LogP contribution in [0.1, 0.15) is 30.7 Å². The fourth-order valence-electron chi connectivity index (χ4n) is 1.88. The molecule has 0 spiro atoms. The quantitative estimate of drug-likeness (QED) is 0.785. The number of ether oxygens (including phenoxy) is 1. The molecule has 0 bridgehead atoms. The molecule has 0 fully saturated rings. The van der Waals surface area contributed by atoms with Gasteiger partial charge in [0, 0.05) is 25.3 Å². The molecule has 15 heavy (non-hydrogen) atoms. The maximum Gasteiger partial charge on any atom is 0.101 e. The Morgan fingerprint density at radius 3 is 2.73 bits per heavy atom. The molecule has 0 saturated carbocycles. The van der Waals surface area contributed by atoms with E-state index in [1.165, 1.54) is 5.56 Å². The highest BCUT2D eigenvalue weighted by Crippen LogP contribution is 2.25. The molecule has 1 N–H and O–H groups in total. The second-order valence-electron chi connectivity index (χ2n) is 4.02. The van der Waals surface area contributed by atoms with Gasteiger partial charge in [-0.2, -0.15) is 0 Å². The van der Waals surface area contributed by atoms with E-state index in [2.05, 4.69) is 18.3 Å². The Labute approximate surface area is 91.8 Å². The standard InChI is InChI=1S/C12H21NO2/c1-9(5-6-14-4)12(13-3)11-7-10(2)15-8-11/h7-9,12-13H,5-6H2,1-4H3. The van der Waals surface area contributed by atoms with Crippen molar-refractivity contribution < 1.29 is 9.15 Å². The summed E-state index contributed by atoms with van der Waals surface area (Å²) in [4.78, 5) is 0. The van der Waals surface area contributed by atoms with Gasteiger partial charge in [0.15, 0.2) is 0 Å². The predicted octanol–water partition coefficient (Wildman–Crippen LogP) is 2.52. The van der Waals surface area contributed by atoms with Gasteiger partial charge in [0.2, 0.25) is 0 Å². The number of rotatable bonds is 6. The molecule has 0 radical (unpaired) electrons. The van der Waals surface area contributed by atoms with Crippen LogP contribution in [0.15, 0.2) is 16.7 Å². The van der Waals surface area contributed by atoms with Gasteiger partial charge in [-0.3, -0.25) is 0 Å². The van der Waals surface area contributed by atoms with Crippen LogP contribution >= 0.6 is 0 Å². The second-order valence-corrected chi connectivity index (χ2v) is 4.02. The Bertz CT molecular complexity index is 283. The normalized spacial score (nSPS) is 15.2. The van der Waals surface area contributed by atoms with Gasteiger partial charge < -0.3 is 14.5 Å². The van der Waals surface area contributed by atoms with Crippen LogP contribution in [0.5, 0.6) is 0 Å². The minimum Gasteiger partial charge on any atom is -0.469 e. The number of nitrogens with one attached hydrogen (secondary N) is 1. The third-order valence-electron chi connectivity index (χ3n) is 2.77. The van der Waals surface area contributed by atoms with Crippen molar-refractivity contribution in [2.24, 2.45) is 5.92 Å². The summed E-state index contributed by atoms with van der Waals surface area (Å²) in [6.07, 6.45) is 2.88. The van der Waals surface area contributed by atoms with Gasteiger partial charge in [-0.1, -0.05) is 6.92 Å². The van der Waals surface area contributed by atoms with Crippen LogP contribution in [-0.2, 0) is 4.74 Å². The van der Waals surface area contributed by atoms with E-state index in [1.807, 2.05) is 20.2 Å². The van der Waals surface area contributed by atoms with E-state index in [-0.39, 0.29) is 0 Å². The Morgan fingerprint density at radius 2 is 2.27 bits per heavy atom. The average molecular weight is 211 g/mol. The van der Waals surface area contributed by atoms with E-state index < -0.39 is 0 Å². The Balaban J connectivity index is 2.62. The molecule has 0 amide bonds. The highest BCUT2D eigenvalue weighted by atomic mass is 16.5. The molecular formula is C12H21NO2. The zero-order valence-electron chi connectivity index (χ0n) is 10.0. The summed E-state index contributed by atoms with van der Waals surface area (Å²) >= 11 is 0. The molecule has 0 aliphatic rings. The molecule has 2 unspecified atom stereocenters. The fraction of sp³-hybridized carbons (Fsp3) is 0.667. The van der Waals surface area contributed by atoms with Crippen molar-refractivity contribution in [1.29, 1.82) is 0 Å². The molecule has 0 aromatic carbocycles. The summed E-state index contributed by atoms with van der Waals surface area (Å²) in [5, 5.41) is 3.32. The minimum absolute atomic E-state index is 0.345. The molecule has 0 aliphatic carbocycles. The summed E-state index contributed by atoms with van der Waals surface area (Å²) < 4.78 is 10.4. The van der Waals surface area contributed by atoms with Crippen LogP contribution in [0.25, 0.3) is 0 Å². The lowest BCUT2D eigenvalue weighted by molar-refractivity contribution is 0.171. The van der Waals surface area contributed by atoms with Gasteiger partial charge in [0.05, 0.1) is 6.26 Å². The molecule has 2 atom stereocenters. The van der Waals surface area contributed by atoms with Crippen molar-refractivity contribution in [1.82, 2.24) is 5.32 Å². The van der Waals surface area contributed by atoms with Crippen molar-refractivity contribution in [3.8, 4) is 0 Å². The summed E-state index contributed by atoms with van der Waals surface area (Å²) in [5.41, 5.74) is 1.22. The number of aryl methyl sites for hydroxylation is 1. The molecule has 3 heteroatoms. The number of hydrogen-bond acceptors (Lipinski definition) is 3. The summed E-state index contributed by atoms with van der Waals surface area (Å²) in [7, 11) is 3.72. The second kappa shape index (κ2) is 5.93. The van der Waals surface area contributed by atoms with Crippen LogP contribution < -0.4 is 5.32 Å². The lowest BCUT2D eigenvalue weighted by atomic mass is 9.94. The van der Waals surface area contributed by atoms with Gasteiger partial charge in [-0.15, -0.1) is 0 Å². The van der Waals surface area contributed by atoms with E-state index >= 15 is 0 Å². The maximum absolute atomic E-state index is 5.33. The van der Waals surface area contributed by atoms with Gasteiger partial charge in [0.25, 0.3) is 0 Å². The topological polar surface area (TPSA) is 34.4 Å². The Kier molecular flexibility index (Phi) is 4.85. The van der Waals surface area contributed by atoms with Crippen molar-refractivity contribution in [2.45, 2.75) is 26.3 Å². The lowest BCUT2D eigenvalue weighted by Crippen LogP contribution is -2.23.